The van der Waals surface area contributed by atoms with E-state index in [1.54, 1.807) is 0 Å². The maximum atomic E-state index is 5.54. The van der Waals surface area contributed by atoms with Gasteiger partial charge in [-0.2, -0.15) is 0 Å². The molecule has 0 aliphatic heterocycles. The molecule has 2 N–H and O–H groups in total. The zero-order valence-corrected chi connectivity index (χ0v) is 9.15. The Morgan fingerprint density at radius 1 is 1.31 bits per heavy atom. The van der Waals surface area contributed by atoms with Crippen LogP contribution < -0.4 is 5.73 Å². The third-order valence-electron chi connectivity index (χ3n) is 1.95. The van der Waals surface area contributed by atoms with Crippen LogP contribution in [0.25, 0.3) is 10.9 Å². The average Bonchev–Trinajstić information content (AvgIpc) is 2.17. The van der Waals surface area contributed by atoms with Gasteiger partial charge < -0.3 is 5.73 Å². The Labute approximate surface area is 90.3 Å². The van der Waals surface area contributed by atoms with Gasteiger partial charge >= 0.3 is 0 Å². The summed E-state index contributed by atoms with van der Waals surface area (Å²) in [5.74, 6) is 0. The first-order chi connectivity index (χ1) is 6.29. The molecule has 3 heteroatoms. The van der Waals surface area contributed by atoms with Crippen molar-refractivity contribution >= 4 is 33.5 Å². The second-order valence-corrected chi connectivity index (χ2v) is 4.13. The van der Waals surface area contributed by atoms with Gasteiger partial charge in [0.15, 0.2) is 0 Å². The summed E-state index contributed by atoms with van der Waals surface area (Å²) in [5.41, 5.74) is 7.68. The lowest BCUT2D eigenvalue weighted by Crippen LogP contribution is -1.95. The van der Waals surface area contributed by atoms with Gasteiger partial charge in [-0.25, -0.2) is 0 Å². The van der Waals surface area contributed by atoms with E-state index in [4.69, 9.17) is 5.73 Å². The summed E-state index contributed by atoms with van der Waals surface area (Å²) in [4.78, 5) is 4.33. The Bertz CT molecular complexity index is 440. The van der Waals surface area contributed by atoms with Crippen LogP contribution in [0.5, 0.6) is 0 Å². The van der Waals surface area contributed by atoms with E-state index in [9.17, 15) is 0 Å². The largest absolute Gasteiger partial charge is 0.326 e. The van der Waals surface area contributed by atoms with Crippen LogP contribution in [0.3, 0.4) is 0 Å². The first kappa shape index (κ1) is 8.90. The minimum absolute atomic E-state index is 0.573. The van der Waals surface area contributed by atoms with Gasteiger partial charge in [0, 0.05) is 21.7 Å². The van der Waals surface area contributed by atoms with Gasteiger partial charge in [0.2, 0.25) is 0 Å². The molecular weight excluding hydrogens is 275 g/mol. The molecule has 0 spiro atoms. The molecule has 0 aliphatic carbocycles. The monoisotopic (exact) mass is 284 g/mol. The van der Waals surface area contributed by atoms with E-state index in [-0.39, 0.29) is 0 Å². The molecule has 2 rings (SSSR count). The van der Waals surface area contributed by atoms with Crippen molar-refractivity contribution in [1.29, 1.82) is 0 Å². The van der Waals surface area contributed by atoms with Crippen LogP contribution in [-0.4, -0.2) is 4.98 Å². The maximum Gasteiger partial charge on any atom is 0.0705 e. The molecule has 0 bridgehead atoms. The third kappa shape index (κ3) is 1.81. The number of aromatic nitrogens is 1. The number of hydrogen-bond donors (Lipinski definition) is 1. The summed E-state index contributed by atoms with van der Waals surface area (Å²) in [6.07, 6.45) is 1.86. The second-order valence-electron chi connectivity index (χ2n) is 2.88. The van der Waals surface area contributed by atoms with E-state index in [1.807, 2.05) is 18.3 Å². The third-order valence-corrected chi connectivity index (χ3v) is 2.54. The Hall–Kier alpha value is -0.680. The van der Waals surface area contributed by atoms with Gasteiger partial charge in [0.25, 0.3) is 0 Å². The lowest BCUT2D eigenvalue weighted by Gasteiger charge is -2.00. The summed E-state index contributed by atoms with van der Waals surface area (Å²) in [6.45, 7) is 0.573. The Morgan fingerprint density at radius 3 is 2.92 bits per heavy atom. The van der Waals surface area contributed by atoms with E-state index in [2.05, 4.69) is 39.7 Å². The van der Waals surface area contributed by atoms with Gasteiger partial charge in [0.1, 0.15) is 0 Å². The van der Waals surface area contributed by atoms with Crippen LogP contribution in [-0.2, 0) is 6.54 Å². The molecule has 0 fully saturated rings. The molecule has 0 radical (unpaired) electrons. The van der Waals surface area contributed by atoms with E-state index >= 15 is 0 Å². The zero-order chi connectivity index (χ0) is 9.26. The van der Waals surface area contributed by atoms with E-state index in [0.717, 1.165) is 14.7 Å². The zero-order valence-electron chi connectivity index (χ0n) is 7.00. The molecule has 2 nitrogen and oxygen atoms in total. The molecule has 0 saturated carbocycles. The normalized spacial score (nSPS) is 10.6. The first-order valence-corrected chi connectivity index (χ1v) is 5.12. The Kier molecular flexibility index (Phi) is 2.46. The quantitative estimate of drug-likeness (QED) is 0.816. The molecule has 1 heterocycles. The highest BCUT2D eigenvalue weighted by Crippen LogP contribution is 2.15. The fourth-order valence-corrected chi connectivity index (χ4v) is 1.74. The fourth-order valence-electron chi connectivity index (χ4n) is 1.27. The maximum absolute atomic E-state index is 5.54. The van der Waals surface area contributed by atoms with Crippen molar-refractivity contribution in [2.75, 3.05) is 0 Å². The van der Waals surface area contributed by atoms with Gasteiger partial charge in [-0.3, -0.25) is 4.98 Å². The molecule has 0 saturated heterocycles. The summed E-state index contributed by atoms with van der Waals surface area (Å²) in [7, 11) is 0. The van der Waals surface area contributed by atoms with Gasteiger partial charge in [0.05, 0.1) is 5.52 Å². The van der Waals surface area contributed by atoms with Crippen molar-refractivity contribution in [3.63, 3.8) is 0 Å². The molecule has 0 amide bonds. The molecular formula is C10H9IN2. The molecule has 0 aliphatic rings. The summed E-state index contributed by atoms with van der Waals surface area (Å²) >= 11 is 2.26. The Morgan fingerprint density at radius 2 is 2.15 bits per heavy atom. The standard InChI is InChI=1S/C10H9IN2/c11-9-4-8-2-1-7(5-12)3-10(8)13-6-9/h1-4,6H,5,12H2. The predicted molar refractivity (Wildman–Crippen MR) is 62.4 cm³/mol. The van der Waals surface area contributed by atoms with E-state index in [1.165, 1.54) is 5.39 Å². The van der Waals surface area contributed by atoms with Crippen LogP contribution in [0.2, 0.25) is 0 Å². The number of hydrogen-bond acceptors (Lipinski definition) is 2. The lowest BCUT2D eigenvalue weighted by molar-refractivity contribution is 1.07. The summed E-state index contributed by atoms with van der Waals surface area (Å²) in [6, 6.07) is 8.25. The molecule has 2 aromatic rings. The van der Waals surface area contributed by atoms with Crippen molar-refractivity contribution < 1.29 is 0 Å². The lowest BCUT2D eigenvalue weighted by atomic mass is 10.1. The molecule has 0 atom stereocenters. The van der Waals surface area contributed by atoms with Crippen LogP contribution in [0.1, 0.15) is 5.56 Å². The topological polar surface area (TPSA) is 38.9 Å². The smallest absolute Gasteiger partial charge is 0.0705 e. The van der Waals surface area contributed by atoms with Crippen molar-refractivity contribution in [2.24, 2.45) is 5.73 Å². The number of halogens is 1. The fraction of sp³-hybridized carbons (Fsp3) is 0.100. The minimum atomic E-state index is 0.573. The number of pyridine rings is 1. The summed E-state index contributed by atoms with van der Waals surface area (Å²) < 4.78 is 1.16. The van der Waals surface area contributed by atoms with Crippen LogP contribution in [0.15, 0.2) is 30.5 Å². The molecule has 13 heavy (non-hydrogen) atoms. The highest BCUT2D eigenvalue weighted by Gasteiger charge is 1.96. The summed E-state index contributed by atoms with van der Waals surface area (Å²) in [5, 5.41) is 1.17. The molecule has 66 valence electrons. The van der Waals surface area contributed by atoms with Gasteiger partial charge in [-0.15, -0.1) is 0 Å². The van der Waals surface area contributed by atoms with Crippen molar-refractivity contribution in [3.8, 4) is 0 Å². The first-order valence-electron chi connectivity index (χ1n) is 4.04. The molecule has 1 aromatic heterocycles. The van der Waals surface area contributed by atoms with Crippen molar-refractivity contribution in [1.82, 2.24) is 4.98 Å². The van der Waals surface area contributed by atoms with Crippen molar-refractivity contribution in [3.05, 3.63) is 39.6 Å². The van der Waals surface area contributed by atoms with Crippen LogP contribution in [0.4, 0.5) is 0 Å². The van der Waals surface area contributed by atoms with E-state index in [0.29, 0.717) is 6.54 Å². The number of nitrogens with zero attached hydrogens (tertiary/aromatic N) is 1. The highest BCUT2D eigenvalue weighted by molar-refractivity contribution is 14.1. The second kappa shape index (κ2) is 3.59. The minimum Gasteiger partial charge on any atom is -0.326 e. The Balaban J connectivity index is 2.66. The van der Waals surface area contributed by atoms with Gasteiger partial charge in [-0.05, 0) is 40.3 Å². The average molecular weight is 284 g/mol. The van der Waals surface area contributed by atoms with Crippen LogP contribution in [0, 0.1) is 3.57 Å². The number of nitrogens with two attached hydrogens (primary N) is 1. The predicted octanol–water partition coefficient (Wildman–Crippen LogP) is 2.30. The van der Waals surface area contributed by atoms with E-state index < -0.39 is 0 Å². The van der Waals surface area contributed by atoms with Crippen LogP contribution >= 0.6 is 22.6 Å². The number of fused-ring (bicyclic) bond motifs is 1. The number of rotatable bonds is 1. The molecule has 1 aromatic carbocycles. The SMILES string of the molecule is NCc1ccc2cc(I)cnc2c1. The molecule has 0 unspecified atom stereocenters. The number of benzene rings is 1. The van der Waals surface area contributed by atoms with Crippen molar-refractivity contribution in [2.45, 2.75) is 6.54 Å². The van der Waals surface area contributed by atoms with Gasteiger partial charge in [-0.1, -0.05) is 12.1 Å². The highest BCUT2D eigenvalue weighted by atomic mass is 127.